The number of hydrogen-bond donors (Lipinski definition) is 1. The van der Waals surface area contributed by atoms with E-state index in [-0.39, 0.29) is 0 Å². The quantitative estimate of drug-likeness (QED) is 0.932. The summed E-state index contributed by atoms with van der Waals surface area (Å²) in [7, 11) is 0. The molecule has 5 heteroatoms. The summed E-state index contributed by atoms with van der Waals surface area (Å²) in [6.07, 6.45) is 4.56. The van der Waals surface area contributed by atoms with Crippen LogP contribution in [0, 0.1) is 11.3 Å². The maximum Gasteiger partial charge on any atom is 0.0745 e. The molecule has 2 N–H and O–H groups in total. The van der Waals surface area contributed by atoms with Gasteiger partial charge in [-0.05, 0) is 31.0 Å². The molecule has 20 heavy (non-hydrogen) atoms. The molecule has 0 aliphatic heterocycles. The number of fused-ring (bicyclic) bond motifs is 1. The maximum atomic E-state index is 8.86. The van der Waals surface area contributed by atoms with Gasteiger partial charge in [0.1, 0.15) is 0 Å². The monoisotopic (exact) mass is 330 g/mol. The van der Waals surface area contributed by atoms with Gasteiger partial charge in [0, 0.05) is 22.4 Å². The molecule has 0 radical (unpaired) electrons. The zero-order valence-electron chi connectivity index (χ0n) is 11.0. The van der Waals surface area contributed by atoms with Gasteiger partial charge in [0.05, 0.1) is 35.6 Å². The number of benzene rings is 1. The number of nitrogens with zero attached hydrogens (tertiary/aromatic N) is 3. The Morgan fingerprint density at radius 2 is 2.25 bits per heavy atom. The largest absolute Gasteiger partial charge is 0.396 e. The highest BCUT2D eigenvalue weighted by atomic mass is 79.9. The van der Waals surface area contributed by atoms with E-state index in [0.29, 0.717) is 18.2 Å². The van der Waals surface area contributed by atoms with Crippen LogP contribution in [0.25, 0.3) is 10.9 Å². The molecule has 0 saturated heterocycles. The second-order valence-electron chi connectivity index (χ2n) is 5.06. The number of nitrogen functional groups attached to an aromatic ring is 1. The summed E-state index contributed by atoms with van der Waals surface area (Å²) in [5.74, 6) is 0. The molecule has 0 amide bonds. The summed E-state index contributed by atoms with van der Waals surface area (Å²) >= 11 is 3.51. The molecule has 1 saturated carbocycles. The van der Waals surface area contributed by atoms with Crippen LogP contribution in [0.4, 0.5) is 11.4 Å². The SMILES string of the molecule is N#CCCN(c1c(N)cnc2ccc(Br)cc12)C1CC1. The first-order valence-corrected chi connectivity index (χ1v) is 7.47. The third-order valence-electron chi connectivity index (χ3n) is 3.57. The van der Waals surface area contributed by atoms with E-state index in [2.05, 4.69) is 37.9 Å². The number of halogens is 1. The Balaban J connectivity index is 2.14. The standard InChI is InChI=1S/C15H15BrN4/c16-10-2-5-14-12(8-10)15(13(18)9-19-14)20(7-1-6-17)11-3-4-11/h2,5,8-9,11H,1,3-4,7,18H2. The van der Waals surface area contributed by atoms with Crippen molar-refractivity contribution in [3.63, 3.8) is 0 Å². The topological polar surface area (TPSA) is 65.9 Å². The van der Waals surface area contributed by atoms with Crippen LogP contribution < -0.4 is 10.6 Å². The smallest absolute Gasteiger partial charge is 0.0745 e. The van der Waals surface area contributed by atoms with Crippen molar-refractivity contribution in [3.8, 4) is 6.07 Å². The van der Waals surface area contributed by atoms with Crippen LogP contribution in [-0.4, -0.2) is 17.6 Å². The average molecular weight is 331 g/mol. The van der Waals surface area contributed by atoms with E-state index in [1.807, 2.05) is 12.1 Å². The fraction of sp³-hybridized carbons (Fsp3) is 0.333. The summed E-state index contributed by atoms with van der Waals surface area (Å²) in [4.78, 5) is 6.66. The van der Waals surface area contributed by atoms with Crippen LogP contribution in [0.15, 0.2) is 28.9 Å². The fourth-order valence-electron chi connectivity index (χ4n) is 2.52. The van der Waals surface area contributed by atoms with E-state index in [1.54, 1.807) is 6.20 Å². The summed E-state index contributed by atoms with van der Waals surface area (Å²) in [6.45, 7) is 0.719. The summed E-state index contributed by atoms with van der Waals surface area (Å²) in [6, 6.07) is 8.75. The number of anilines is 2. The first-order chi connectivity index (χ1) is 9.70. The molecule has 0 atom stereocenters. The average Bonchev–Trinajstić information content (AvgIpc) is 3.26. The molecule has 102 valence electrons. The molecule has 4 nitrogen and oxygen atoms in total. The number of nitriles is 1. The molecule has 0 bridgehead atoms. The van der Waals surface area contributed by atoms with E-state index in [0.717, 1.165) is 27.6 Å². The Bertz CT molecular complexity index is 683. The number of rotatable bonds is 4. The minimum absolute atomic E-state index is 0.508. The molecule has 1 aromatic heterocycles. The number of pyridine rings is 1. The number of nitrogens with two attached hydrogens (primary N) is 1. The summed E-state index contributed by atoms with van der Waals surface area (Å²) in [5, 5.41) is 9.91. The van der Waals surface area contributed by atoms with Crippen molar-refractivity contribution in [2.45, 2.75) is 25.3 Å². The molecule has 1 aromatic carbocycles. The molecule has 1 fully saturated rings. The van der Waals surface area contributed by atoms with Crippen molar-refractivity contribution >= 4 is 38.2 Å². The van der Waals surface area contributed by atoms with Crippen LogP contribution >= 0.6 is 15.9 Å². The third-order valence-corrected chi connectivity index (χ3v) is 4.06. The molecule has 0 spiro atoms. The highest BCUT2D eigenvalue weighted by molar-refractivity contribution is 9.10. The van der Waals surface area contributed by atoms with Crippen LogP contribution in [-0.2, 0) is 0 Å². The summed E-state index contributed by atoms with van der Waals surface area (Å²) in [5.41, 5.74) is 8.81. The van der Waals surface area contributed by atoms with E-state index in [4.69, 9.17) is 11.0 Å². The lowest BCUT2D eigenvalue weighted by Crippen LogP contribution is -2.27. The van der Waals surface area contributed by atoms with E-state index >= 15 is 0 Å². The molecule has 3 rings (SSSR count). The van der Waals surface area contributed by atoms with Gasteiger partial charge in [-0.1, -0.05) is 15.9 Å². The zero-order chi connectivity index (χ0) is 14.1. The normalized spacial score (nSPS) is 14.2. The van der Waals surface area contributed by atoms with Crippen molar-refractivity contribution < 1.29 is 0 Å². The minimum atomic E-state index is 0.508. The predicted molar refractivity (Wildman–Crippen MR) is 84.5 cm³/mol. The van der Waals surface area contributed by atoms with Crippen molar-refractivity contribution in [1.82, 2.24) is 4.98 Å². The fourth-order valence-corrected chi connectivity index (χ4v) is 2.88. The van der Waals surface area contributed by atoms with E-state index < -0.39 is 0 Å². The zero-order valence-corrected chi connectivity index (χ0v) is 12.6. The molecule has 1 heterocycles. The highest BCUT2D eigenvalue weighted by Gasteiger charge is 2.31. The Kier molecular flexibility index (Phi) is 3.49. The van der Waals surface area contributed by atoms with Crippen LogP contribution in [0.2, 0.25) is 0 Å². The van der Waals surface area contributed by atoms with Gasteiger partial charge in [0.15, 0.2) is 0 Å². The predicted octanol–water partition coefficient (Wildman–Crippen LogP) is 3.46. The molecular formula is C15H15BrN4. The maximum absolute atomic E-state index is 8.86. The van der Waals surface area contributed by atoms with Gasteiger partial charge in [0.2, 0.25) is 0 Å². The van der Waals surface area contributed by atoms with Gasteiger partial charge in [-0.2, -0.15) is 5.26 Å². The van der Waals surface area contributed by atoms with Crippen molar-refractivity contribution in [3.05, 3.63) is 28.9 Å². The molecular weight excluding hydrogens is 316 g/mol. The Morgan fingerprint density at radius 3 is 2.95 bits per heavy atom. The molecule has 1 aliphatic carbocycles. The number of hydrogen-bond acceptors (Lipinski definition) is 4. The van der Waals surface area contributed by atoms with E-state index in [1.165, 1.54) is 12.8 Å². The van der Waals surface area contributed by atoms with Crippen molar-refractivity contribution in [2.75, 3.05) is 17.2 Å². The lowest BCUT2D eigenvalue weighted by atomic mass is 10.1. The third kappa shape index (κ3) is 2.44. The first kappa shape index (κ1) is 13.2. The second-order valence-corrected chi connectivity index (χ2v) is 5.97. The van der Waals surface area contributed by atoms with E-state index in [9.17, 15) is 0 Å². The van der Waals surface area contributed by atoms with Gasteiger partial charge < -0.3 is 10.6 Å². The Labute approximate surface area is 126 Å². The summed E-state index contributed by atoms with van der Waals surface area (Å²) < 4.78 is 1.01. The first-order valence-electron chi connectivity index (χ1n) is 6.68. The molecule has 2 aromatic rings. The van der Waals surface area contributed by atoms with Crippen LogP contribution in [0.5, 0.6) is 0 Å². The van der Waals surface area contributed by atoms with Gasteiger partial charge in [-0.3, -0.25) is 4.98 Å². The molecule has 0 unspecified atom stereocenters. The van der Waals surface area contributed by atoms with Gasteiger partial charge in [-0.15, -0.1) is 0 Å². The second kappa shape index (κ2) is 5.29. The Morgan fingerprint density at radius 1 is 1.45 bits per heavy atom. The number of aromatic nitrogens is 1. The molecule has 1 aliphatic rings. The van der Waals surface area contributed by atoms with Crippen molar-refractivity contribution in [1.29, 1.82) is 5.26 Å². The van der Waals surface area contributed by atoms with Crippen molar-refractivity contribution in [2.24, 2.45) is 0 Å². The van der Waals surface area contributed by atoms with Gasteiger partial charge >= 0.3 is 0 Å². The van der Waals surface area contributed by atoms with Gasteiger partial charge in [-0.25, -0.2) is 0 Å². The Hall–Kier alpha value is -1.80. The highest BCUT2D eigenvalue weighted by Crippen LogP contribution is 2.39. The van der Waals surface area contributed by atoms with Crippen LogP contribution in [0.1, 0.15) is 19.3 Å². The lowest BCUT2D eigenvalue weighted by molar-refractivity contribution is 0.797. The lowest BCUT2D eigenvalue weighted by Gasteiger charge is -2.26. The van der Waals surface area contributed by atoms with Gasteiger partial charge in [0.25, 0.3) is 0 Å². The van der Waals surface area contributed by atoms with Crippen LogP contribution in [0.3, 0.4) is 0 Å². The minimum Gasteiger partial charge on any atom is -0.396 e.